The number of nitrogens with zero attached hydrogens (tertiary/aromatic N) is 2. The summed E-state index contributed by atoms with van der Waals surface area (Å²) in [5, 5.41) is 13.8. The molecule has 0 aliphatic carbocycles. The van der Waals surface area contributed by atoms with Crippen molar-refractivity contribution in [3.63, 3.8) is 0 Å². The highest BCUT2D eigenvalue weighted by Gasteiger charge is 2.20. The van der Waals surface area contributed by atoms with Crippen molar-refractivity contribution in [1.82, 2.24) is 10.2 Å². The van der Waals surface area contributed by atoms with Gasteiger partial charge in [0.25, 0.3) is 5.69 Å². The molecule has 7 heteroatoms. The summed E-state index contributed by atoms with van der Waals surface area (Å²) in [6.45, 7) is 3.83. The van der Waals surface area contributed by atoms with Gasteiger partial charge >= 0.3 is 0 Å². The largest absolute Gasteiger partial charge is 0.379 e. The SMILES string of the molecule is O=C(Cc1ccc([N+](=O)[O-])cc1)N[C@H](CN1CCOCC1)c1ccccc1. The minimum atomic E-state index is -0.447. The van der Waals surface area contributed by atoms with Gasteiger partial charge in [-0.05, 0) is 11.1 Å². The smallest absolute Gasteiger partial charge is 0.269 e. The van der Waals surface area contributed by atoms with Crippen LogP contribution in [0.2, 0.25) is 0 Å². The Morgan fingerprint density at radius 1 is 1.11 bits per heavy atom. The van der Waals surface area contributed by atoms with Gasteiger partial charge in [0.2, 0.25) is 5.91 Å². The number of hydrogen-bond donors (Lipinski definition) is 1. The molecule has 7 nitrogen and oxygen atoms in total. The molecule has 0 unspecified atom stereocenters. The van der Waals surface area contributed by atoms with Crippen LogP contribution in [-0.4, -0.2) is 48.6 Å². The molecule has 1 saturated heterocycles. The van der Waals surface area contributed by atoms with E-state index in [9.17, 15) is 14.9 Å². The summed E-state index contributed by atoms with van der Waals surface area (Å²) in [4.78, 5) is 25.1. The van der Waals surface area contributed by atoms with Gasteiger partial charge in [0, 0.05) is 31.8 Å². The number of rotatable bonds is 7. The van der Waals surface area contributed by atoms with Crippen LogP contribution in [-0.2, 0) is 16.0 Å². The van der Waals surface area contributed by atoms with Gasteiger partial charge in [-0.3, -0.25) is 19.8 Å². The topological polar surface area (TPSA) is 84.7 Å². The number of non-ortho nitro benzene ring substituents is 1. The van der Waals surface area contributed by atoms with E-state index in [4.69, 9.17) is 4.74 Å². The Morgan fingerprint density at radius 3 is 2.41 bits per heavy atom. The molecule has 2 aromatic carbocycles. The number of morpholine rings is 1. The molecule has 1 amide bonds. The second-order valence-corrected chi connectivity index (χ2v) is 6.54. The minimum Gasteiger partial charge on any atom is -0.379 e. The number of nitro groups is 1. The molecule has 0 spiro atoms. The third kappa shape index (κ3) is 5.60. The fourth-order valence-corrected chi connectivity index (χ4v) is 3.13. The summed E-state index contributed by atoms with van der Waals surface area (Å²) in [5.41, 5.74) is 1.82. The molecule has 142 valence electrons. The van der Waals surface area contributed by atoms with Crippen molar-refractivity contribution < 1.29 is 14.5 Å². The molecule has 27 heavy (non-hydrogen) atoms. The summed E-state index contributed by atoms with van der Waals surface area (Å²) >= 11 is 0. The van der Waals surface area contributed by atoms with Crippen molar-refractivity contribution in [2.75, 3.05) is 32.8 Å². The summed E-state index contributed by atoms with van der Waals surface area (Å²) in [7, 11) is 0. The van der Waals surface area contributed by atoms with Gasteiger partial charge in [0.15, 0.2) is 0 Å². The number of nitro benzene ring substituents is 1. The molecule has 1 heterocycles. The second-order valence-electron chi connectivity index (χ2n) is 6.54. The molecule has 0 bridgehead atoms. The van der Waals surface area contributed by atoms with Crippen molar-refractivity contribution in [2.45, 2.75) is 12.5 Å². The Bertz CT molecular complexity index is 759. The van der Waals surface area contributed by atoms with E-state index in [1.54, 1.807) is 12.1 Å². The highest BCUT2D eigenvalue weighted by Crippen LogP contribution is 2.17. The predicted octanol–water partition coefficient (Wildman–Crippen LogP) is 2.33. The van der Waals surface area contributed by atoms with Crippen LogP contribution in [0.1, 0.15) is 17.2 Å². The van der Waals surface area contributed by atoms with Crippen molar-refractivity contribution in [2.24, 2.45) is 0 Å². The molecule has 0 aromatic heterocycles. The van der Waals surface area contributed by atoms with Crippen LogP contribution in [0, 0.1) is 10.1 Å². The molecular weight excluding hydrogens is 346 g/mol. The lowest BCUT2D eigenvalue weighted by Crippen LogP contribution is -2.43. The Kier molecular flexibility index (Phi) is 6.51. The highest BCUT2D eigenvalue weighted by atomic mass is 16.6. The molecule has 3 rings (SSSR count). The van der Waals surface area contributed by atoms with Crippen LogP contribution in [0.4, 0.5) is 5.69 Å². The predicted molar refractivity (Wildman–Crippen MR) is 101 cm³/mol. The van der Waals surface area contributed by atoms with Gasteiger partial charge in [0.05, 0.1) is 30.6 Å². The summed E-state index contributed by atoms with van der Waals surface area (Å²) in [6, 6.07) is 15.9. The van der Waals surface area contributed by atoms with Crippen LogP contribution < -0.4 is 5.32 Å². The van der Waals surface area contributed by atoms with Gasteiger partial charge < -0.3 is 10.1 Å². The monoisotopic (exact) mass is 369 g/mol. The van der Waals surface area contributed by atoms with E-state index < -0.39 is 4.92 Å². The lowest BCUT2D eigenvalue weighted by atomic mass is 10.0. The number of nitrogens with one attached hydrogen (secondary N) is 1. The Hall–Kier alpha value is -2.77. The van der Waals surface area contributed by atoms with Gasteiger partial charge in [-0.1, -0.05) is 42.5 Å². The number of ether oxygens (including phenoxy) is 1. The first kappa shape index (κ1) is 19.0. The van der Waals surface area contributed by atoms with E-state index in [2.05, 4.69) is 10.2 Å². The van der Waals surface area contributed by atoms with E-state index in [-0.39, 0.29) is 24.1 Å². The van der Waals surface area contributed by atoms with E-state index in [0.717, 1.165) is 30.8 Å². The van der Waals surface area contributed by atoms with Crippen LogP contribution in [0.5, 0.6) is 0 Å². The Balaban J connectivity index is 1.65. The Morgan fingerprint density at radius 2 is 1.78 bits per heavy atom. The lowest BCUT2D eigenvalue weighted by Gasteiger charge is -2.31. The molecule has 1 aliphatic rings. The molecular formula is C20H23N3O4. The highest BCUT2D eigenvalue weighted by molar-refractivity contribution is 5.79. The molecule has 1 N–H and O–H groups in total. The van der Waals surface area contributed by atoms with Gasteiger partial charge in [-0.15, -0.1) is 0 Å². The lowest BCUT2D eigenvalue weighted by molar-refractivity contribution is -0.384. The van der Waals surface area contributed by atoms with Crippen molar-refractivity contribution in [1.29, 1.82) is 0 Å². The first-order valence-electron chi connectivity index (χ1n) is 8.99. The molecule has 1 aliphatic heterocycles. The first-order valence-corrected chi connectivity index (χ1v) is 8.99. The summed E-state index contributed by atoms with van der Waals surface area (Å²) < 4.78 is 5.40. The molecule has 1 atom stereocenters. The summed E-state index contributed by atoms with van der Waals surface area (Å²) in [5.74, 6) is -0.106. The second kappa shape index (κ2) is 9.25. The van der Waals surface area contributed by atoms with Crippen molar-refractivity contribution in [3.8, 4) is 0 Å². The van der Waals surface area contributed by atoms with Crippen molar-refractivity contribution >= 4 is 11.6 Å². The number of carbonyl (C=O) groups excluding carboxylic acids is 1. The normalized spacial score (nSPS) is 15.9. The first-order chi connectivity index (χ1) is 13.1. The fourth-order valence-electron chi connectivity index (χ4n) is 3.13. The van der Waals surface area contributed by atoms with E-state index in [1.807, 2.05) is 30.3 Å². The summed E-state index contributed by atoms with van der Waals surface area (Å²) in [6.07, 6.45) is 0.185. The zero-order valence-electron chi connectivity index (χ0n) is 15.0. The molecule has 2 aromatic rings. The van der Waals surface area contributed by atoms with E-state index >= 15 is 0 Å². The van der Waals surface area contributed by atoms with Crippen LogP contribution in [0.3, 0.4) is 0 Å². The molecule has 1 fully saturated rings. The quantitative estimate of drug-likeness (QED) is 0.598. The van der Waals surface area contributed by atoms with Gasteiger partial charge in [0.1, 0.15) is 0 Å². The maximum Gasteiger partial charge on any atom is 0.269 e. The van der Waals surface area contributed by atoms with E-state index in [0.29, 0.717) is 13.2 Å². The maximum atomic E-state index is 12.6. The van der Waals surface area contributed by atoms with Gasteiger partial charge in [-0.2, -0.15) is 0 Å². The number of amides is 1. The van der Waals surface area contributed by atoms with Crippen LogP contribution in [0.15, 0.2) is 54.6 Å². The van der Waals surface area contributed by atoms with Gasteiger partial charge in [-0.25, -0.2) is 0 Å². The molecule has 0 saturated carbocycles. The standard InChI is InChI=1S/C20H23N3O4/c24-20(14-16-6-8-18(9-7-16)23(25)26)21-19(17-4-2-1-3-5-17)15-22-10-12-27-13-11-22/h1-9,19H,10-15H2,(H,21,24)/t19-/m1/s1. The average molecular weight is 369 g/mol. The number of carbonyl (C=O) groups is 1. The third-order valence-electron chi connectivity index (χ3n) is 4.59. The zero-order chi connectivity index (χ0) is 19.1. The maximum absolute atomic E-state index is 12.6. The van der Waals surface area contributed by atoms with Crippen LogP contribution >= 0.6 is 0 Å². The Labute approximate surface area is 158 Å². The minimum absolute atomic E-state index is 0.0219. The fraction of sp³-hybridized carbons (Fsp3) is 0.350. The number of benzene rings is 2. The molecule has 0 radical (unpaired) electrons. The van der Waals surface area contributed by atoms with E-state index in [1.165, 1.54) is 12.1 Å². The number of hydrogen-bond acceptors (Lipinski definition) is 5. The average Bonchev–Trinajstić information content (AvgIpc) is 2.69. The van der Waals surface area contributed by atoms with Crippen LogP contribution in [0.25, 0.3) is 0 Å². The van der Waals surface area contributed by atoms with Crippen molar-refractivity contribution in [3.05, 3.63) is 75.8 Å². The zero-order valence-corrected chi connectivity index (χ0v) is 15.0. The third-order valence-corrected chi connectivity index (χ3v) is 4.59.